The van der Waals surface area contributed by atoms with Gasteiger partial charge in [0.05, 0.1) is 0 Å². The number of allylic oxidation sites excluding steroid dienone is 1. The fraction of sp³-hybridized carbons (Fsp3) is 0.300. The predicted octanol–water partition coefficient (Wildman–Crippen LogP) is 4.38. The minimum Gasteiger partial charge on any atom is -0.356 e. The Morgan fingerprint density at radius 2 is 1.88 bits per heavy atom. The minimum absolute atomic E-state index is 0.469. The first-order valence-corrected chi connectivity index (χ1v) is 8.33. The summed E-state index contributed by atoms with van der Waals surface area (Å²) < 4.78 is 37.4. The molecule has 134 valence electrons. The van der Waals surface area contributed by atoms with Crippen LogP contribution in [0.15, 0.2) is 48.3 Å². The predicted molar refractivity (Wildman–Crippen MR) is 94.6 cm³/mol. The highest BCUT2D eigenvalue weighted by atomic mass is 19.4. The van der Waals surface area contributed by atoms with Crippen LogP contribution in [-0.4, -0.2) is 23.1 Å². The molecule has 0 spiro atoms. The van der Waals surface area contributed by atoms with Crippen LogP contribution in [0.1, 0.15) is 29.7 Å². The molecule has 3 heterocycles. The second-order valence-corrected chi connectivity index (χ2v) is 6.13. The van der Waals surface area contributed by atoms with Gasteiger partial charge < -0.3 is 4.90 Å². The van der Waals surface area contributed by atoms with Gasteiger partial charge in [0, 0.05) is 31.0 Å². The zero-order valence-corrected chi connectivity index (χ0v) is 14.3. The molecule has 0 N–H and O–H groups in total. The average molecular weight is 357 g/mol. The molecular formula is C20H18F3N3. The van der Waals surface area contributed by atoms with Gasteiger partial charge in [-0.3, -0.25) is 4.98 Å². The molecule has 6 heteroatoms. The number of hydrogen-bond acceptors (Lipinski definition) is 3. The third kappa shape index (κ3) is 4.42. The molecule has 0 bridgehead atoms. The van der Waals surface area contributed by atoms with E-state index in [0.717, 1.165) is 49.6 Å². The molecule has 1 fully saturated rings. The number of hydrogen-bond donors (Lipinski definition) is 0. The smallest absolute Gasteiger partial charge is 0.356 e. The third-order valence-corrected chi connectivity index (χ3v) is 4.23. The Kier molecular flexibility index (Phi) is 5.27. The maximum absolute atomic E-state index is 12.5. The summed E-state index contributed by atoms with van der Waals surface area (Å²) >= 11 is 0. The molecule has 0 aromatic carbocycles. The number of anilines is 1. The molecular weight excluding hydrogens is 339 g/mol. The Hall–Kier alpha value is -2.81. The van der Waals surface area contributed by atoms with Gasteiger partial charge in [0.1, 0.15) is 11.5 Å². The SMILES string of the molecule is Cc1cccnc1N1CCC(=CC#Cc2ccc(C(F)(F)F)nc2)CC1. The highest BCUT2D eigenvalue weighted by Gasteiger charge is 2.31. The number of aromatic nitrogens is 2. The molecule has 0 amide bonds. The largest absolute Gasteiger partial charge is 0.433 e. The lowest BCUT2D eigenvalue weighted by atomic mass is 10.0. The van der Waals surface area contributed by atoms with Crippen LogP contribution in [0.2, 0.25) is 0 Å². The van der Waals surface area contributed by atoms with Crippen LogP contribution in [-0.2, 0) is 6.18 Å². The van der Waals surface area contributed by atoms with Crippen LogP contribution in [0.25, 0.3) is 0 Å². The van der Waals surface area contributed by atoms with Gasteiger partial charge in [0.25, 0.3) is 0 Å². The van der Waals surface area contributed by atoms with Crippen LogP contribution >= 0.6 is 0 Å². The van der Waals surface area contributed by atoms with Crippen molar-refractivity contribution in [2.24, 2.45) is 0 Å². The van der Waals surface area contributed by atoms with E-state index in [1.807, 2.05) is 12.1 Å². The zero-order valence-electron chi connectivity index (χ0n) is 14.3. The Labute approximate surface area is 150 Å². The average Bonchev–Trinajstić information content (AvgIpc) is 2.63. The first kappa shape index (κ1) is 18.0. The van der Waals surface area contributed by atoms with Gasteiger partial charge in [-0.15, -0.1) is 0 Å². The summed E-state index contributed by atoms with van der Waals surface area (Å²) in [6, 6.07) is 6.27. The maximum Gasteiger partial charge on any atom is 0.433 e. The van der Waals surface area contributed by atoms with Crippen molar-refractivity contribution in [1.29, 1.82) is 0 Å². The number of aryl methyl sites for hydroxylation is 1. The van der Waals surface area contributed by atoms with Gasteiger partial charge in [-0.1, -0.05) is 23.5 Å². The molecule has 0 saturated carbocycles. The van der Waals surface area contributed by atoms with Gasteiger partial charge in [-0.05, 0) is 49.6 Å². The van der Waals surface area contributed by atoms with Gasteiger partial charge in [-0.2, -0.15) is 13.2 Å². The molecule has 3 rings (SSSR count). The lowest BCUT2D eigenvalue weighted by molar-refractivity contribution is -0.141. The van der Waals surface area contributed by atoms with E-state index >= 15 is 0 Å². The lowest BCUT2D eigenvalue weighted by Gasteiger charge is -2.30. The van der Waals surface area contributed by atoms with Crippen LogP contribution in [0.3, 0.4) is 0 Å². The van der Waals surface area contributed by atoms with E-state index in [1.165, 1.54) is 11.6 Å². The fourth-order valence-corrected chi connectivity index (χ4v) is 2.82. The van der Waals surface area contributed by atoms with Crippen molar-refractivity contribution in [3.8, 4) is 11.8 Å². The first-order valence-electron chi connectivity index (χ1n) is 8.33. The van der Waals surface area contributed by atoms with Crippen molar-refractivity contribution < 1.29 is 13.2 Å². The lowest BCUT2D eigenvalue weighted by Crippen LogP contribution is -2.31. The minimum atomic E-state index is -4.42. The topological polar surface area (TPSA) is 29.0 Å². The molecule has 2 aromatic heterocycles. The van der Waals surface area contributed by atoms with Gasteiger partial charge in [0.15, 0.2) is 0 Å². The van der Waals surface area contributed by atoms with Crippen molar-refractivity contribution in [3.63, 3.8) is 0 Å². The highest BCUT2D eigenvalue weighted by Crippen LogP contribution is 2.27. The van der Waals surface area contributed by atoms with Crippen molar-refractivity contribution in [3.05, 3.63) is 65.1 Å². The van der Waals surface area contributed by atoms with E-state index in [2.05, 4.69) is 39.7 Å². The van der Waals surface area contributed by atoms with Crippen molar-refractivity contribution in [1.82, 2.24) is 9.97 Å². The molecule has 3 nitrogen and oxygen atoms in total. The molecule has 1 saturated heterocycles. The van der Waals surface area contributed by atoms with E-state index in [4.69, 9.17) is 0 Å². The molecule has 2 aromatic rings. The van der Waals surface area contributed by atoms with E-state index in [9.17, 15) is 13.2 Å². The second kappa shape index (κ2) is 7.61. The number of piperidine rings is 1. The summed E-state index contributed by atoms with van der Waals surface area (Å²) in [7, 11) is 0. The van der Waals surface area contributed by atoms with Gasteiger partial charge >= 0.3 is 6.18 Å². The number of halogens is 3. The molecule has 1 aliphatic rings. The number of nitrogens with zero attached hydrogens (tertiary/aromatic N) is 3. The fourth-order valence-electron chi connectivity index (χ4n) is 2.82. The van der Waals surface area contributed by atoms with Crippen molar-refractivity contribution >= 4 is 5.82 Å². The maximum atomic E-state index is 12.5. The standard InChI is InChI=1S/C20H18F3N3/c1-15-4-3-11-24-19(15)26-12-9-16(10-13-26)5-2-6-17-7-8-18(25-14-17)20(21,22)23/h3-5,7-8,11,14H,9-10,12-13H2,1H3. The van der Waals surface area contributed by atoms with Crippen LogP contribution in [0, 0.1) is 18.8 Å². The Morgan fingerprint density at radius 3 is 2.50 bits per heavy atom. The van der Waals surface area contributed by atoms with Crippen LogP contribution in [0.5, 0.6) is 0 Å². The highest BCUT2D eigenvalue weighted by molar-refractivity contribution is 5.47. The Bertz CT molecular complexity index is 848. The normalized spacial score (nSPS) is 14.6. The van der Waals surface area contributed by atoms with Crippen molar-refractivity contribution in [2.45, 2.75) is 25.9 Å². The summed E-state index contributed by atoms with van der Waals surface area (Å²) in [6.45, 7) is 3.82. The Balaban J connectivity index is 1.60. The van der Waals surface area contributed by atoms with E-state index in [1.54, 1.807) is 6.20 Å². The van der Waals surface area contributed by atoms with Crippen LogP contribution in [0.4, 0.5) is 19.0 Å². The summed E-state index contributed by atoms with van der Waals surface area (Å²) in [5.74, 6) is 6.79. The molecule has 0 atom stereocenters. The molecule has 0 unspecified atom stereocenters. The number of alkyl halides is 3. The molecule has 0 aliphatic carbocycles. The first-order chi connectivity index (χ1) is 12.4. The number of pyridine rings is 2. The van der Waals surface area contributed by atoms with E-state index in [-0.39, 0.29) is 0 Å². The van der Waals surface area contributed by atoms with E-state index in [0.29, 0.717) is 5.56 Å². The van der Waals surface area contributed by atoms with Gasteiger partial charge in [-0.25, -0.2) is 4.98 Å². The Morgan fingerprint density at radius 1 is 1.12 bits per heavy atom. The number of rotatable bonds is 1. The molecule has 1 aliphatic heterocycles. The molecule has 0 radical (unpaired) electrons. The quantitative estimate of drug-likeness (QED) is 0.709. The summed E-state index contributed by atoms with van der Waals surface area (Å²) in [4.78, 5) is 10.1. The monoisotopic (exact) mass is 357 g/mol. The third-order valence-electron chi connectivity index (χ3n) is 4.23. The molecule has 26 heavy (non-hydrogen) atoms. The van der Waals surface area contributed by atoms with Crippen LogP contribution < -0.4 is 4.90 Å². The van der Waals surface area contributed by atoms with Gasteiger partial charge in [0.2, 0.25) is 0 Å². The summed E-state index contributed by atoms with van der Waals surface area (Å²) in [5.41, 5.74) is 1.96. The van der Waals surface area contributed by atoms with E-state index < -0.39 is 11.9 Å². The van der Waals surface area contributed by atoms with Crippen molar-refractivity contribution in [2.75, 3.05) is 18.0 Å². The summed E-state index contributed by atoms with van der Waals surface area (Å²) in [5, 5.41) is 0. The second-order valence-electron chi connectivity index (χ2n) is 6.13. The summed E-state index contributed by atoms with van der Waals surface area (Å²) in [6.07, 6.45) is 2.19. The zero-order chi connectivity index (χ0) is 18.6.